The molecule has 0 aliphatic rings. The number of hydrogen-bond acceptors (Lipinski definition) is 4. The normalized spacial score (nSPS) is 13.9. The largest absolute Gasteiger partial charge is 0.398 e. The highest BCUT2D eigenvalue weighted by molar-refractivity contribution is 7.99. The first-order valence-electron chi connectivity index (χ1n) is 7.32. The van der Waals surface area contributed by atoms with Gasteiger partial charge in [-0.1, -0.05) is 26.0 Å². The lowest BCUT2D eigenvalue weighted by atomic mass is 9.90. The van der Waals surface area contributed by atoms with Crippen LogP contribution in [0.5, 0.6) is 0 Å². The number of amides is 1. The number of rotatable bonds is 7. The minimum Gasteiger partial charge on any atom is -0.375 e. The number of carbonyl (C=O) groups excluding carboxylic acids is 1. The maximum Gasteiger partial charge on any atom is 0.398 e. The zero-order chi connectivity index (χ0) is 18.4. The van der Waals surface area contributed by atoms with Crippen molar-refractivity contribution in [2.24, 2.45) is 5.92 Å². The van der Waals surface area contributed by atoms with Crippen molar-refractivity contribution in [3.8, 4) is 6.07 Å². The highest BCUT2D eigenvalue weighted by Crippen LogP contribution is 2.31. The molecule has 0 saturated heterocycles. The van der Waals surface area contributed by atoms with Crippen LogP contribution in [-0.2, 0) is 4.79 Å². The molecule has 0 aliphatic heterocycles. The van der Waals surface area contributed by atoms with E-state index in [0.29, 0.717) is 22.3 Å². The summed E-state index contributed by atoms with van der Waals surface area (Å²) < 4.78 is 37.1. The zero-order valence-electron chi connectivity index (χ0n) is 13.7. The van der Waals surface area contributed by atoms with Crippen molar-refractivity contribution in [2.45, 2.75) is 37.4 Å². The van der Waals surface area contributed by atoms with E-state index in [1.165, 1.54) is 0 Å². The van der Waals surface area contributed by atoms with Gasteiger partial charge in [-0.25, -0.2) is 0 Å². The number of anilines is 1. The number of halogens is 3. The molecule has 0 bridgehead atoms. The van der Waals surface area contributed by atoms with Crippen LogP contribution in [0.1, 0.15) is 20.8 Å². The topological polar surface area (TPSA) is 64.9 Å². The molecule has 1 amide bonds. The summed E-state index contributed by atoms with van der Waals surface area (Å²) in [6, 6.07) is 8.54. The van der Waals surface area contributed by atoms with E-state index in [9.17, 15) is 23.2 Å². The standard InChI is InChI=1S/C16H20F3N3OS/c1-11(2)15(3,9-20)22-14(23)8-21-12-6-4-5-7-13(12)24-10-16(17,18)19/h4-7,11,21H,8,10H2,1-3H3,(H,22,23)/t15-/m1/s1. The van der Waals surface area contributed by atoms with Gasteiger partial charge in [0.2, 0.25) is 5.91 Å². The first kappa shape index (κ1) is 20.2. The quantitative estimate of drug-likeness (QED) is 0.727. The first-order valence-corrected chi connectivity index (χ1v) is 8.30. The van der Waals surface area contributed by atoms with Gasteiger partial charge >= 0.3 is 6.18 Å². The molecule has 1 aromatic rings. The number of carbonyl (C=O) groups is 1. The average Bonchev–Trinajstić information content (AvgIpc) is 2.50. The van der Waals surface area contributed by atoms with Gasteiger partial charge < -0.3 is 10.6 Å². The summed E-state index contributed by atoms with van der Waals surface area (Å²) in [7, 11) is 0. The Bertz CT molecular complexity index is 613. The van der Waals surface area contributed by atoms with Crippen molar-refractivity contribution in [1.29, 1.82) is 5.26 Å². The molecule has 1 rings (SSSR count). The second-order valence-electron chi connectivity index (χ2n) is 5.77. The highest BCUT2D eigenvalue weighted by Gasteiger charge is 2.30. The second-order valence-corrected chi connectivity index (χ2v) is 6.79. The minimum absolute atomic E-state index is 0.0823. The first-order chi connectivity index (χ1) is 11.1. The molecular weight excluding hydrogens is 339 g/mol. The van der Waals surface area contributed by atoms with Crippen molar-refractivity contribution in [1.82, 2.24) is 5.32 Å². The maximum atomic E-state index is 12.4. The Kier molecular flexibility index (Phi) is 6.96. The van der Waals surface area contributed by atoms with E-state index < -0.39 is 23.4 Å². The average molecular weight is 359 g/mol. The number of nitrogens with zero attached hydrogens (tertiary/aromatic N) is 1. The monoisotopic (exact) mass is 359 g/mol. The van der Waals surface area contributed by atoms with Gasteiger partial charge in [-0.2, -0.15) is 18.4 Å². The number of alkyl halides is 3. The molecule has 1 aromatic carbocycles. The van der Waals surface area contributed by atoms with E-state index in [0.717, 1.165) is 0 Å². The lowest BCUT2D eigenvalue weighted by Gasteiger charge is -2.27. The lowest BCUT2D eigenvalue weighted by Crippen LogP contribution is -2.50. The third-order valence-corrected chi connectivity index (χ3v) is 4.64. The third-order valence-electron chi connectivity index (χ3n) is 3.50. The third kappa shape index (κ3) is 6.32. The molecule has 0 unspecified atom stereocenters. The predicted octanol–water partition coefficient (Wildman–Crippen LogP) is 3.81. The summed E-state index contributed by atoms with van der Waals surface area (Å²) >= 11 is 0.657. The number of nitriles is 1. The fourth-order valence-electron chi connectivity index (χ4n) is 1.71. The Labute approximate surface area is 143 Å². The van der Waals surface area contributed by atoms with E-state index in [2.05, 4.69) is 16.7 Å². The molecule has 0 heterocycles. The molecule has 24 heavy (non-hydrogen) atoms. The second kappa shape index (κ2) is 8.29. The molecule has 0 saturated carbocycles. The van der Waals surface area contributed by atoms with E-state index >= 15 is 0 Å². The van der Waals surface area contributed by atoms with Gasteiger partial charge in [0.1, 0.15) is 5.54 Å². The summed E-state index contributed by atoms with van der Waals surface area (Å²) in [5, 5.41) is 14.6. The summed E-state index contributed by atoms with van der Waals surface area (Å²) in [4.78, 5) is 12.4. The van der Waals surface area contributed by atoms with E-state index in [1.54, 1.807) is 31.2 Å². The maximum absolute atomic E-state index is 12.4. The van der Waals surface area contributed by atoms with Crippen LogP contribution in [0, 0.1) is 17.2 Å². The number of nitrogens with one attached hydrogen (secondary N) is 2. The van der Waals surface area contributed by atoms with Crippen LogP contribution in [0.4, 0.5) is 18.9 Å². The van der Waals surface area contributed by atoms with E-state index in [1.807, 2.05) is 13.8 Å². The molecule has 0 aromatic heterocycles. The van der Waals surface area contributed by atoms with Crippen LogP contribution >= 0.6 is 11.8 Å². The number of benzene rings is 1. The van der Waals surface area contributed by atoms with Gasteiger partial charge in [0.05, 0.1) is 18.4 Å². The van der Waals surface area contributed by atoms with Crippen molar-refractivity contribution in [3.63, 3.8) is 0 Å². The number of hydrogen-bond donors (Lipinski definition) is 2. The van der Waals surface area contributed by atoms with Crippen LogP contribution in [0.2, 0.25) is 0 Å². The van der Waals surface area contributed by atoms with Crippen molar-refractivity contribution < 1.29 is 18.0 Å². The molecule has 8 heteroatoms. The van der Waals surface area contributed by atoms with Crippen molar-refractivity contribution in [2.75, 3.05) is 17.6 Å². The van der Waals surface area contributed by atoms with E-state index in [4.69, 9.17) is 0 Å². The molecule has 2 N–H and O–H groups in total. The Morgan fingerprint density at radius 3 is 2.50 bits per heavy atom. The van der Waals surface area contributed by atoms with Gasteiger partial charge in [0.15, 0.2) is 0 Å². The van der Waals surface area contributed by atoms with Gasteiger partial charge in [0.25, 0.3) is 0 Å². The molecule has 0 radical (unpaired) electrons. The molecule has 1 atom stereocenters. The zero-order valence-corrected chi connectivity index (χ0v) is 14.5. The van der Waals surface area contributed by atoms with Crippen molar-refractivity contribution >= 4 is 23.4 Å². The Morgan fingerprint density at radius 2 is 1.96 bits per heavy atom. The molecule has 0 fully saturated rings. The Morgan fingerprint density at radius 1 is 1.33 bits per heavy atom. The summed E-state index contributed by atoms with van der Waals surface area (Å²) in [6.45, 7) is 5.14. The fraction of sp³-hybridized carbons (Fsp3) is 0.500. The van der Waals surface area contributed by atoms with Gasteiger partial charge in [-0.15, -0.1) is 11.8 Å². The summed E-state index contributed by atoms with van der Waals surface area (Å²) in [5.41, 5.74) is -0.548. The van der Waals surface area contributed by atoms with Crippen molar-refractivity contribution in [3.05, 3.63) is 24.3 Å². The predicted molar refractivity (Wildman–Crippen MR) is 88.7 cm³/mol. The molecular formula is C16H20F3N3OS. The molecule has 132 valence electrons. The highest BCUT2D eigenvalue weighted by atomic mass is 32.2. The smallest absolute Gasteiger partial charge is 0.375 e. The van der Waals surface area contributed by atoms with E-state index in [-0.39, 0.29) is 12.5 Å². The molecule has 0 spiro atoms. The van der Waals surface area contributed by atoms with Gasteiger partial charge in [0, 0.05) is 10.6 Å². The Hall–Kier alpha value is -1.88. The summed E-state index contributed by atoms with van der Waals surface area (Å²) in [6.07, 6.45) is -4.26. The Balaban J connectivity index is 2.68. The fourth-order valence-corrected chi connectivity index (χ4v) is 2.50. The summed E-state index contributed by atoms with van der Waals surface area (Å²) in [5.74, 6) is -1.48. The SMILES string of the molecule is CC(C)[C@@](C)(C#N)NC(=O)CNc1ccccc1SCC(F)(F)F. The molecule has 4 nitrogen and oxygen atoms in total. The van der Waals surface area contributed by atoms with Crippen LogP contribution in [-0.4, -0.2) is 29.9 Å². The minimum atomic E-state index is -4.26. The van der Waals surface area contributed by atoms with Crippen LogP contribution in [0.25, 0.3) is 0 Å². The molecule has 0 aliphatic carbocycles. The number of thioether (sulfide) groups is 1. The van der Waals surface area contributed by atoms with Gasteiger partial charge in [-0.3, -0.25) is 4.79 Å². The lowest BCUT2D eigenvalue weighted by molar-refractivity contribution is -0.121. The van der Waals surface area contributed by atoms with Gasteiger partial charge in [-0.05, 0) is 25.0 Å². The van der Waals surface area contributed by atoms with Crippen LogP contribution in [0.3, 0.4) is 0 Å². The van der Waals surface area contributed by atoms with Crippen LogP contribution in [0.15, 0.2) is 29.2 Å². The van der Waals surface area contributed by atoms with Crippen LogP contribution < -0.4 is 10.6 Å². The number of para-hydroxylation sites is 1.